The van der Waals surface area contributed by atoms with Gasteiger partial charge in [0, 0.05) is 11.1 Å². The van der Waals surface area contributed by atoms with Crippen LogP contribution in [0.1, 0.15) is 37.9 Å². The molecule has 1 aromatic carbocycles. The van der Waals surface area contributed by atoms with Gasteiger partial charge in [-0.2, -0.15) is 0 Å². The molecule has 0 aliphatic carbocycles. The molecule has 15 heavy (non-hydrogen) atoms. The van der Waals surface area contributed by atoms with E-state index in [1.165, 1.54) is 11.1 Å². The zero-order chi connectivity index (χ0) is 11.4. The normalized spacial score (nSPS) is 13.2. The molecule has 0 aromatic heterocycles. The summed E-state index contributed by atoms with van der Waals surface area (Å²) in [4.78, 5) is 0. The minimum atomic E-state index is 0.423. The van der Waals surface area contributed by atoms with Crippen molar-refractivity contribution in [3.8, 4) is 0 Å². The molecule has 0 radical (unpaired) electrons. The predicted molar refractivity (Wildman–Crippen MR) is 67.4 cm³/mol. The van der Waals surface area contributed by atoms with E-state index in [0.717, 1.165) is 11.6 Å². The maximum absolute atomic E-state index is 5.96. The molecular weight excluding hydrogens is 206 g/mol. The summed E-state index contributed by atoms with van der Waals surface area (Å²) in [5, 5.41) is 4.33. The zero-order valence-electron chi connectivity index (χ0n) is 9.97. The molecule has 1 nitrogen and oxygen atoms in total. The Morgan fingerprint density at radius 1 is 1.33 bits per heavy atom. The van der Waals surface area contributed by atoms with E-state index in [1.807, 2.05) is 12.1 Å². The van der Waals surface area contributed by atoms with Gasteiger partial charge in [-0.05, 0) is 42.6 Å². The minimum Gasteiger partial charge on any atom is -0.310 e. The van der Waals surface area contributed by atoms with Gasteiger partial charge in [0.2, 0.25) is 0 Å². The first kappa shape index (κ1) is 12.5. The fraction of sp³-hybridized carbons (Fsp3) is 0.538. The Bertz CT molecular complexity index is 320. The van der Waals surface area contributed by atoms with Crippen LogP contribution in [0.4, 0.5) is 0 Å². The van der Waals surface area contributed by atoms with E-state index in [-0.39, 0.29) is 0 Å². The van der Waals surface area contributed by atoms with Crippen LogP contribution in [0.15, 0.2) is 18.2 Å². The molecule has 0 heterocycles. The molecule has 0 bridgehead atoms. The molecule has 0 aliphatic heterocycles. The van der Waals surface area contributed by atoms with Crippen LogP contribution in [0.2, 0.25) is 5.02 Å². The first-order valence-electron chi connectivity index (χ1n) is 5.55. The van der Waals surface area contributed by atoms with Crippen molar-refractivity contribution in [3.63, 3.8) is 0 Å². The summed E-state index contributed by atoms with van der Waals surface area (Å²) in [6, 6.07) is 6.55. The average molecular weight is 226 g/mol. The summed E-state index contributed by atoms with van der Waals surface area (Å²) >= 11 is 5.96. The molecule has 0 aliphatic rings. The number of rotatable bonds is 4. The smallest absolute Gasteiger partial charge is 0.0408 e. The first-order chi connectivity index (χ1) is 7.06. The quantitative estimate of drug-likeness (QED) is 0.818. The van der Waals surface area contributed by atoms with E-state index in [2.05, 4.69) is 39.1 Å². The maximum atomic E-state index is 5.96. The standard InChI is InChI=1S/C13H20ClN/c1-5-15-13(9(2)3)12-7-6-11(14)8-10(12)4/h6-9,13,15H,5H2,1-4H3. The average Bonchev–Trinajstić information content (AvgIpc) is 2.15. The highest BCUT2D eigenvalue weighted by Gasteiger charge is 2.16. The molecule has 0 amide bonds. The molecule has 1 aromatic rings. The fourth-order valence-electron chi connectivity index (χ4n) is 1.91. The molecule has 2 heteroatoms. The van der Waals surface area contributed by atoms with Gasteiger partial charge in [-0.1, -0.05) is 38.4 Å². The van der Waals surface area contributed by atoms with Gasteiger partial charge in [-0.3, -0.25) is 0 Å². The summed E-state index contributed by atoms with van der Waals surface area (Å²) in [6.45, 7) is 9.72. The van der Waals surface area contributed by atoms with Crippen molar-refractivity contribution in [3.05, 3.63) is 34.3 Å². The van der Waals surface area contributed by atoms with Crippen LogP contribution in [-0.2, 0) is 0 Å². The van der Waals surface area contributed by atoms with E-state index < -0.39 is 0 Å². The third-order valence-corrected chi connectivity index (χ3v) is 2.89. The van der Waals surface area contributed by atoms with E-state index in [0.29, 0.717) is 12.0 Å². The highest BCUT2D eigenvalue weighted by molar-refractivity contribution is 6.30. The van der Waals surface area contributed by atoms with Gasteiger partial charge in [0.05, 0.1) is 0 Å². The number of aryl methyl sites for hydroxylation is 1. The van der Waals surface area contributed by atoms with Crippen LogP contribution >= 0.6 is 11.6 Å². The van der Waals surface area contributed by atoms with E-state index in [4.69, 9.17) is 11.6 Å². The monoisotopic (exact) mass is 225 g/mol. The lowest BCUT2D eigenvalue weighted by Crippen LogP contribution is -2.26. The number of benzene rings is 1. The van der Waals surface area contributed by atoms with Gasteiger partial charge in [-0.25, -0.2) is 0 Å². The summed E-state index contributed by atoms with van der Waals surface area (Å²) in [7, 11) is 0. The second-order valence-electron chi connectivity index (χ2n) is 4.28. The van der Waals surface area contributed by atoms with Gasteiger partial charge in [0.1, 0.15) is 0 Å². The largest absolute Gasteiger partial charge is 0.310 e. The van der Waals surface area contributed by atoms with E-state index >= 15 is 0 Å². The zero-order valence-corrected chi connectivity index (χ0v) is 10.7. The van der Waals surface area contributed by atoms with Crippen LogP contribution < -0.4 is 5.32 Å². The van der Waals surface area contributed by atoms with Crippen molar-refractivity contribution in [2.24, 2.45) is 5.92 Å². The molecule has 1 N–H and O–H groups in total. The van der Waals surface area contributed by atoms with Crippen molar-refractivity contribution < 1.29 is 0 Å². The second kappa shape index (κ2) is 5.53. The SMILES string of the molecule is CCNC(c1ccc(Cl)cc1C)C(C)C. The summed E-state index contributed by atoms with van der Waals surface area (Å²) in [6.07, 6.45) is 0. The predicted octanol–water partition coefficient (Wildman–Crippen LogP) is 3.96. The minimum absolute atomic E-state index is 0.423. The van der Waals surface area contributed by atoms with Crippen LogP contribution in [0.5, 0.6) is 0 Å². The van der Waals surface area contributed by atoms with Gasteiger partial charge in [0.25, 0.3) is 0 Å². The van der Waals surface area contributed by atoms with Crippen molar-refractivity contribution in [2.45, 2.75) is 33.7 Å². The molecule has 1 rings (SSSR count). The lowest BCUT2D eigenvalue weighted by atomic mass is 9.93. The molecule has 0 spiro atoms. The fourth-order valence-corrected chi connectivity index (χ4v) is 2.14. The van der Waals surface area contributed by atoms with Crippen LogP contribution in [0.3, 0.4) is 0 Å². The molecule has 0 fully saturated rings. The summed E-state index contributed by atoms with van der Waals surface area (Å²) in [5.74, 6) is 0.588. The Hall–Kier alpha value is -0.530. The Balaban J connectivity index is 3.00. The van der Waals surface area contributed by atoms with Crippen molar-refractivity contribution in [1.82, 2.24) is 5.32 Å². The summed E-state index contributed by atoms with van der Waals surface area (Å²) < 4.78 is 0. The molecule has 1 unspecified atom stereocenters. The van der Waals surface area contributed by atoms with Gasteiger partial charge >= 0.3 is 0 Å². The molecule has 84 valence electrons. The number of nitrogens with one attached hydrogen (secondary N) is 1. The van der Waals surface area contributed by atoms with Crippen molar-refractivity contribution in [1.29, 1.82) is 0 Å². The van der Waals surface area contributed by atoms with Crippen LogP contribution in [0, 0.1) is 12.8 Å². The topological polar surface area (TPSA) is 12.0 Å². The Kier molecular flexibility index (Phi) is 4.62. The Morgan fingerprint density at radius 2 is 2.00 bits per heavy atom. The van der Waals surface area contributed by atoms with Crippen molar-refractivity contribution in [2.75, 3.05) is 6.54 Å². The number of hydrogen-bond donors (Lipinski definition) is 1. The van der Waals surface area contributed by atoms with E-state index in [1.54, 1.807) is 0 Å². The van der Waals surface area contributed by atoms with Crippen LogP contribution in [-0.4, -0.2) is 6.54 Å². The third kappa shape index (κ3) is 3.22. The molecule has 1 atom stereocenters. The first-order valence-corrected chi connectivity index (χ1v) is 5.93. The van der Waals surface area contributed by atoms with E-state index in [9.17, 15) is 0 Å². The van der Waals surface area contributed by atoms with Gasteiger partial charge in [-0.15, -0.1) is 0 Å². The highest BCUT2D eigenvalue weighted by atomic mass is 35.5. The van der Waals surface area contributed by atoms with Crippen molar-refractivity contribution >= 4 is 11.6 Å². The molecular formula is C13H20ClN. The number of hydrogen-bond acceptors (Lipinski definition) is 1. The Morgan fingerprint density at radius 3 is 2.47 bits per heavy atom. The lowest BCUT2D eigenvalue weighted by molar-refractivity contribution is 0.420. The van der Waals surface area contributed by atoms with Gasteiger partial charge in [0.15, 0.2) is 0 Å². The van der Waals surface area contributed by atoms with Gasteiger partial charge < -0.3 is 5.32 Å². The summed E-state index contributed by atoms with van der Waals surface area (Å²) in [5.41, 5.74) is 2.62. The second-order valence-corrected chi connectivity index (χ2v) is 4.72. The lowest BCUT2D eigenvalue weighted by Gasteiger charge is -2.24. The Labute approximate surface area is 97.8 Å². The highest BCUT2D eigenvalue weighted by Crippen LogP contribution is 2.26. The number of halogens is 1. The van der Waals surface area contributed by atoms with Crippen LogP contribution in [0.25, 0.3) is 0 Å². The molecule has 0 saturated heterocycles. The maximum Gasteiger partial charge on any atom is 0.0408 e. The third-order valence-electron chi connectivity index (χ3n) is 2.66. The molecule has 0 saturated carbocycles.